The molecule has 0 N–H and O–H groups in total. The van der Waals surface area contributed by atoms with Gasteiger partial charge in [0.2, 0.25) is 5.88 Å². The Morgan fingerprint density at radius 2 is 1.94 bits per heavy atom. The number of rotatable bonds is 6. The summed E-state index contributed by atoms with van der Waals surface area (Å²) in [6, 6.07) is 7.39. The predicted molar refractivity (Wildman–Crippen MR) is 119 cm³/mol. The molecule has 1 aromatic carbocycles. The number of carbonyl (C=O) groups excluding carboxylic acids is 1. The van der Waals surface area contributed by atoms with Crippen LogP contribution in [0.2, 0.25) is 0 Å². The molecule has 0 saturated carbocycles. The summed E-state index contributed by atoms with van der Waals surface area (Å²) in [6.07, 6.45) is 0.262. The fraction of sp³-hybridized carbons (Fsp3) is 0.417. The highest BCUT2D eigenvalue weighted by Crippen LogP contribution is 2.33. The Morgan fingerprint density at radius 1 is 1.21 bits per heavy atom. The number of ether oxygens (including phenoxy) is 1. The second kappa shape index (κ2) is 9.44. The molecule has 0 aliphatic carbocycles. The van der Waals surface area contributed by atoms with Gasteiger partial charge in [0.05, 0.1) is 29.6 Å². The first-order valence-corrected chi connectivity index (χ1v) is 11.2. The van der Waals surface area contributed by atoms with E-state index in [1.54, 1.807) is 23.4 Å². The SMILES string of the molecule is CCC(Oc1ccc(C(F)(F)F)cn1)C1CC(C)CN1C(=O)c1cccc(C)c1-n1nccn1. The molecular formula is C24H26F3N5O2. The van der Waals surface area contributed by atoms with Crippen LogP contribution in [0.1, 0.15) is 48.2 Å². The highest BCUT2D eigenvalue weighted by molar-refractivity contribution is 5.98. The first-order chi connectivity index (χ1) is 16.2. The van der Waals surface area contributed by atoms with Crippen molar-refractivity contribution in [3.8, 4) is 11.6 Å². The smallest absolute Gasteiger partial charge is 0.417 e. The van der Waals surface area contributed by atoms with Crippen molar-refractivity contribution in [1.29, 1.82) is 0 Å². The number of hydrogen-bond donors (Lipinski definition) is 0. The summed E-state index contributed by atoms with van der Waals surface area (Å²) in [5, 5.41) is 8.41. The molecule has 3 unspecified atom stereocenters. The molecule has 34 heavy (non-hydrogen) atoms. The zero-order chi connectivity index (χ0) is 24.5. The molecule has 4 rings (SSSR count). The highest BCUT2D eigenvalue weighted by atomic mass is 19.4. The number of nitrogens with zero attached hydrogens (tertiary/aromatic N) is 5. The van der Waals surface area contributed by atoms with Crippen LogP contribution in [-0.2, 0) is 6.18 Å². The normalized spacial score (nSPS) is 19.3. The minimum atomic E-state index is -4.46. The topological polar surface area (TPSA) is 73.1 Å². The van der Waals surface area contributed by atoms with Crippen LogP contribution in [0.25, 0.3) is 5.69 Å². The van der Waals surface area contributed by atoms with E-state index < -0.39 is 17.8 Å². The van der Waals surface area contributed by atoms with Crippen molar-refractivity contribution in [2.45, 2.75) is 51.9 Å². The quantitative estimate of drug-likeness (QED) is 0.519. The second-order valence-corrected chi connectivity index (χ2v) is 8.60. The molecule has 1 aliphatic rings. The maximum absolute atomic E-state index is 13.8. The maximum atomic E-state index is 13.8. The first kappa shape index (κ1) is 23.7. The van der Waals surface area contributed by atoms with E-state index in [4.69, 9.17) is 4.74 Å². The molecule has 1 fully saturated rings. The van der Waals surface area contributed by atoms with Crippen LogP contribution in [0.5, 0.6) is 5.88 Å². The molecule has 10 heteroatoms. The van der Waals surface area contributed by atoms with Crippen molar-refractivity contribution in [2.75, 3.05) is 6.54 Å². The van der Waals surface area contributed by atoms with Gasteiger partial charge >= 0.3 is 6.18 Å². The first-order valence-electron chi connectivity index (χ1n) is 11.2. The van der Waals surface area contributed by atoms with Crippen LogP contribution < -0.4 is 4.74 Å². The number of carbonyl (C=O) groups is 1. The lowest BCUT2D eigenvalue weighted by Gasteiger charge is -2.31. The zero-order valence-corrected chi connectivity index (χ0v) is 19.2. The Bertz CT molecular complexity index is 1130. The summed E-state index contributed by atoms with van der Waals surface area (Å²) < 4.78 is 44.6. The Hall–Kier alpha value is -3.43. The van der Waals surface area contributed by atoms with E-state index in [-0.39, 0.29) is 23.7 Å². The van der Waals surface area contributed by atoms with Crippen LogP contribution in [0.4, 0.5) is 13.2 Å². The van der Waals surface area contributed by atoms with E-state index in [0.29, 0.717) is 30.6 Å². The standard InChI is InChI=1S/C24H26F3N5O2/c1-4-20(34-21-9-8-17(13-28-21)24(25,26)27)19-12-15(2)14-31(19)23(33)18-7-5-6-16(3)22(18)32-29-10-11-30-32/h5-11,13,15,19-20H,4,12,14H2,1-3H3. The molecule has 2 aromatic heterocycles. The number of pyridine rings is 1. The number of likely N-dealkylation sites (tertiary alicyclic amines) is 1. The lowest BCUT2D eigenvalue weighted by molar-refractivity contribution is -0.137. The van der Waals surface area contributed by atoms with Crippen LogP contribution in [0, 0.1) is 12.8 Å². The molecule has 180 valence electrons. The Morgan fingerprint density at radius 3 is 2.56 bits per heavy atom. The fourth-order valence-electron chi connectivity index (χ4n) is 4.46. The molecule has 0 spiro atoms. The number of para-hydroxylation sites is 1. The van der Waals surface area contributed by atoms with Gasteiger partial charge in [0.15, 0.2) is 0 Å². The summed E-state index contributed by atoms with van der Waals surface area (Å²) in [4.78, 5) is 20.8. The zero-order valence-electron chi connectivity index (χ0n) is 19.2. The van der Waals surface area contributed by atoms with E-state index >= 15 is 0 Å². The fourth-order valence-corrected chi connectivity index (χ4v) is 4.46. The van der Waals surface area contributed by atoms with Gasteiger partial charge in [-0.3, -0.25) is 4.79 Å². The third-order valence-electron chi connectivity index (χ3n) is 6.07. The largest absolute Gasteiger partial charge is 0.472 e. The van der Waals surface area contributed by atoms with Gasteiger partial charge in [-0.2, -0.15) is 28.2 Å². The lowest BCUT2D eigenvalue weighted by atomic mass is 10.0. The Kier molecular flexibility index (Phi) is 6.58. The molecule has 3 aromatic rings. The number of amides is 1. The summed E-state index contributed by atoms with van der Waals surface area (Å²) in [6.45, 7) is 6.43. The van der Waals surface area contributed by atoms with Crippen molar-refractivity contribution in [3.63, 3.8) is 0 Å². The summed E-state index contributed by atoms with van der Waals surface area (Å²) >= 11 is 0. The average Bonchev–Trinajstić information content (AvgIpc) is 3.46. The van der Waals surface area contributed by atoms with Gasteiger partial charge < -0.3 is 9.64 Å². The van der Waals surface area contributed by atoms with Gasteiger partial charge in [-0.1, -0.05) is 26.0 Å². The molecule has 1 aliphatic heterocycles. The number of alkyl halides is 3. The van der Waals surface area contributed by atoms with Crippen molar-refractivity contribution < 1.29 is 22.7 Å². The van der Waals surface area contributed by atoms with Crippen molar-refractivity contribution in [2.24, 2.45) is 5.92 Å². The lowest BCUT2D eigenvalue weighted by Crippen LogP contribution is -2.45. The van der Waals surface area contributed by atoms with E-state index in [9.17, 15) is 18.0 Å². The maximum Gasteiger partial charge on any atom is 0.417 e. The minimum absolute atomic E-state index is 0.101. The van der Waals surface area contributed by atoms with E-state index in [2.05, 4.69) is 22.1 Å². The third kappa shape index (κ3) is 4.76. The van der Waals surface area contributed by atoms with E-state index in [1.165, 1.54) is 10.9 Å². The number of aromatic nitrogens is 4. The van der Waals surface area contributed by atoms with Crippen molar-refractivity contribution >= 4 is 5.91 Å². The average molecular weight is 473 g/mol. The van der Waals surface area contributed by atoms with Crippen LogP contribution >= 0.6 is 0 Å². The van der Waals surface area contributed by atoms with Gasteiger partial charge in [0.25, 0.3) is 5.91 Å². The Labute approximate surface area is 195 Å². The third-order valence-corrected chi connectivity index (χ3v) is 6.07. The molecule has 0 radical (unpaired) electrons. The number of aryl methyl sites for hydroxylation is 1. The Balaban J connectivity index is 1.60. The summed E-state index contributed by atoms with van der Waals surface area (Å²) in [7, 11) is 0. The van der Waals surface area contributed by atoms with Crippen LogP contribution in [-0.4, -0.2) is 49.5 Å². The van der Waals surface area contributed by atoms with Gasteiger partial charge in [0.1, 0.15) is 11.8 Å². The van der Waals surface area contributed by atoms with E-state index in [0.717, 1.165) is 17.8 Å². The molecule has 1 saturated heterocycles. The number of benzene rings is 1. The minimum Gasteiger partial charge on any atom is -0.472 e. The van der Waals surface area contributed by atoms with Crippen molar-refractivity contribution in [3.05, 3.63) is 65.6 Å². The van der Waals surface area contributed by atoms with Crippen LogP contribution in [0.3, 0.4) is 0 Å². The molecule has 3 atom stereocenters. The number of halogens is 3. The monoisotopic (exact) mass is 473 g/mol. The van der Waals surface area contributed by atoms with Gasteiger partial charge in [-0.05, 0) is 43.4 Å². The summed E-state index contributed by atoms with van der Waals surface area (Å²) in [5.41, 5.74) is 1.13. The van der Waals surface area contributed by atoms with Gasteiger partial charge in [-0.25, -0.2) is 4.98 Å². The van der Waals surface area contributed by atoms with Crippen molar-refractivity contribution in [1.82, 2.24) is 24.9 Å². The molecule has 0 bridgehead atoms. The van der Waals surface area contributed by atoms with Gasteiger partial charge in [-0.15, -0.1) is 0 Å². The van der Waals surface area contributed by atoms with Crippen LogP contribution in [0.15, 0.2) is 48.9 Å². The molecule has 7 nitrogen and oxygen atoms in total. The molecule has 1 amide bonds. The molecular weight excluding hydrogens is 447 g/mol. The summed E-state index contributed by atoms with van der Waals surface area (Å²) in [5.74, 6) is 0.180. The number of hydrogen-bond acceptors (Lipinski definition) is 5. The van der Waals surface area contributed by atoms with Gasteiger partial charge in [0, 0.05) is 18.8 Å². The highest BCUT2D eigenvalue weighted by Gasteiger charge is 2.40. The second-order valence-electron chi connectivity index (χ2n) is 8.60. The molecule has 3 heterocycles. The predicted octanol–water partition coefficient (Wildman–Crippen LogP) is 4.70. The van der Waals surface area contributed by atoms with E-state index in [1.807, 2.05) is 26.0 Å².